The van der Waals surface area contributed by atoms with Crippen molar-refractivity contribution < 1.29 is 4.39 Å². The molecule has 0 radical (unpaired) electrons. The third kappa shape index (κ3) is 1.86. The molecular weight excluding hydrogens is 205 g/mol. The number of hydrogen-bond acceptors (Lipinski definition) is 2. The van der Waals surface area contributed by atoms with Crippen LogP contribution in [0.4, 0.5) is 4.39 Å². The molecular formula is C9H11ClFN3. The summed E-state index contributed by atoms with van der Waals surface area (Å²) in [6.07, 6.45) is 2.61. The zero-order chi connectivity index (χ0) is 9.26. The van der Waals surface area contributed by atoms with Crippen LogP contribution in [-0.4, -0.2) is 16.5 Å². The predicted molar refractivity (Wildman–Crippen MR) is 56.1 cm³/mol. The fraction of sp³-hybridized carbons (Fsp3) is 0.222. The molecule has 0 atom stereocenters. The van der Waals surface area contributed by atoms with Crippen LogP contribution < -0.4 is 5.73 Å². The van der Waals surface area contributed by atoms with E-state index in [0.717, 1.165) is 17.4 Å². The summed E-state index contributed by atoms with van der Waals surface area (Å²) in [4.78, 5) is 6.62. The molecule has 2 heterocycles. The molecule has 0 saturated carbocycles. The van der Waals surface area contributed by atoms with Crippen molar-refractivity contribution >= 4 is 23.4 Å². The molecule has 0 fully saturated rings. The Labute approximate surface area is 86.9 Å². The first-order valence-corrected chi connectivity index (χ1v) is 4.14. The largest absolute Gasteiger partial charge is 0.346 e. The van der Waals surface area contributed by atoms with Gasteiger partial charge in [-0.1, -0.05) is 0 Å². The lowest BCUT2D eigenvalue weighted by atomic mass is 10.1. The molecule has 0 spiro atoms. The molecule has 0 aliphatic rings. The van der Waals surface area contributed by atoms with Gasteiger partial charge >= 0.3 is 0 Å². The van der Waals surface area contributed by atoms with Crippen molar-refractivity contribution in [3.05, 3.63) is 29.8 Å². The van der Waals surface area contributed by atoms with Crippen molar-refractivity contribution in [2.45, 2.75) is 6.42 Å². The van der Waals surface area contributed by atoms with Gasteiger partial charge in [0, 0.05) is 11.6 Å². The van der Waals surface area contributed by atoms with Crippen LogP contribution in [0.1, 0.15) is 5.56 Å². The van der Waals surface area contributed by atoms with E-state index in [2.05, 4.69) is 9.97 Å². The number of hydrogen-bond donors (Lipinski definition) is 2. The topological polar surface area (TPSA) is 54.7 Å². The number of nitrogens with zero attached hydrogens (tertiary/aromatic N) is 1. The zero-order valence-electron chi connectivity index (χ0n) is 7.46. The van der Waals surface area contributed by atoms with Gasteiger partial charge in [0.1, 0.15) is 5.65 Å². The fourth-order valence-corrected chi connectivity index (χ4v) is 1.40. The van der Waals surface area contributed by atoms with Crippen LogP contribution in [-0.2, 0) is 6.42 Å². The second kappa shape index (κ2) is 4.39. The van der Waals surface area contributed by atoms with Crippen molar-refractivity contribution in [2.75, 3.05) is 6.54 Å². The minimum absolute atomic E-state index is 0. The molecule has 0 aromatic carbocycles. The van der Waals surface area contributed by atoms with E-state index in [4.69, 9.17) is 5.73 Å². The number of halogens is 2. The van der Waals surface area contributed by atoms with Gasteiger partial charge < -0.3 is 10.7 Å². The van der Waals surface area contributed by atoms with Gasteiger partial charge in [0.15, 0.2) is 0 Å². The van der Waals surface area contributed by atoms with Crippen LogP contribution in [0.15, 0.2) is 18.3 Å². The highest BCUT2D eigenvalue weighted by atomic mass is 35.5. The SMILES string of the molecule is Cl.NCCc1c[nH]c2nc(F)ccc12. The van der Waals surface area contributed by atoms with E-state index < -0.39 is 5.95 Å². The Morgan fingerprint density at radius 2 is 2.21 bits per heavy atom. The number of fused-ring (bicyclic) bond motifs is 1. The van der Waals surface area contributed by atoms with Gasteiger partial charge in [0.05, 0.1) is 0 Å². The highest BCUT2D eigenvalue weighted by Crippen LogP contribution is 2.16. The molecule has 5 heteroatoms. The van der Waals surface area contributed by atoms with Crippen LogP contribution in [0.2, 0.25) is 0 Å². The first-order valence-electron chi connectivity index (χ1n) is 4.14. The van der Waals surface area contributed by atoms with E-state index in [0.29, 0.717) is 12.2 Å². The summed E-state index contributed by atoms with van der Waals surface area (Å²) in [5.41, 5.74) is 7.11. The summed E-state index contributed by atoms with van der Waals surface area (Å²) in [5, 5.41) is 0.951. The zero-order valence-corrected chi connectivity index (χ0v) is 8.27. The van der Waals surface area contributed by atoms with E-state index in [-0.39, 0.29) is 12.4 Å². The van der Waals surface area contributed by atoms with Crippen molar-refractivity contribution in [3.63, 3.8) is 0 Å². The molecule has 2 rings (SSSR count). The van der Waals surface area contributed by atoms with Crippen molar-refractivity contribution in [1.82, 2.24) is 9.97 Å². The van der Waals surface area contributed by atoms with Gasteiger partial charge in [0.25, 0.3) is 0 Å². The number of aromatic amines is 1. The van der Waals surface area contributed by atoms with Gasteiger partial charge in [0.2, 0.25) is 5.95 Å². The highest BCUT2D eigenvalue weighted by molar-refractivity contribution is 5.85. The lowest BCUT2D eigenvalue weighted by Crippen LogP contribution is -2.01. The van der Waals surface area contributed by atoms with E-state index in [1.165, 1.54) is 6.07 Å². The first-order chi connectivity index (χ1) is 6.31. The minimum atomic E-state index is -0.464. The Morgan fingerprint density at radius 3 is 2.93 bits per heavy atom. The van der Waals surface area contributed by atoms with E-state index in [1.54, 1.807) is 6.07 Å². The summed E-state index contributed by atoms with van der Waals surface area (Å²) < 4.78 is 12.7. The van der Waals surface area contributed by atoms with Crippen LogP contribution >= 0.6 is 12.4 Å². The molecule has 3 N–H and O–H groups in total. The Bertz CT molecular complexity index is 427. The summed E-state index contributed by atoms with van der Waals surface area (Å²) in [5.74, 6) is -0.464. The van der Waals surface area contributed by atoms with Crippen LogP contribution in [0.5, 0.6) is 0 Å². The third-order valence-corrected chi connectivity index (χ3v) is 2.00. The van der Waals surface area contributed by atoms with Gasteiger partial charge in [-0.15, -0.1) is 12.4 Å². The van der Waals surface area contributed by atoms with Gasteiger partial charge in [-0.25, -0.2) is 4.98 Å². The average Bonchev–Trinajstić information content (AvgIpc) is 2.49. The maximum atomic E-state index is 12.7. The van der Waals surface area contributed by atoms with Gasteiger partial charge in [-0.2, -0.15) is 4.39 Å². The van der Waals surface area contributed by atoms with Gasteiger partial charge in [-0.3, -0.25) is 0 Å². The van der Waals surface area contributed by atoms with Crippen molar-refractivity contribution in [1.29, 1.82) is 0 Å². The number of nitrogens with one attached hydrogen (secondary N) is 1. The highest BCUT2D eigenvalue weighted by Gasteiger charge is 2.04. The van der Waals surface area contributed by atoms with E-state index in [1.807, 2.05) is 6.20 Å². The van der Waals surface area contributed by atoms with E-state index >= 15 is 0 Å². The second-order valence-corrected chi connectivity index (χ2v) is 2.88. The Morgan fingerprint density at radius 1 is 1.43 bits per heavy atom. The monoisotopic (exact) mass is 215 g/mol. The normalized spacial score (nSPS) is 10.1. The molecule has 0 aliphatic carbocycles. The Hall–Kier alpha value is -1.13. The van der Waals surface area contributed by atoms with Gasteiger partial charge in [-0.05, 0) is 30.7 Å². The summed E-state index contributed by atoms with van der Waals surface area (Å²) in [6, 6.07) is 3.08. The molecule has 0 unspecified atom stereocenters. The quantitative estimate of drug-likeness (QED) is 0.749. The van der Waals surface area contributed by atoms with Crippen LogP contribution in [0.25, 0.3) is 11.0 Å². The van der Waals surface area contributed by atoms with E-state index in [9.17, 15) is 4.39 Å². The fourth-order valence-electron chi connectivity index (χ4n) is 1.40. The standard InChI is InChI=1S/C9H10FN3.ClH/c10-8-2-1-7-6(3-4-11)5-12-9(7)13-8;/h1-2,5H,3-4,11H2,(H,12,13);1H. The first kappa shape index (κ1) is 10.9. The molecule has 2 aromatic heterocycles. The molecule has 14 heavy (non-hydrogen) atoms. The number of pyridine rings is 1. The molecule has 2 aromatic rings. The maximum absolute atomic E-state index is 12.7. The Balaban J connectivity index is 0.000000980. The number of rotatable bonds is 2. The second-order valence-electron chi connectivity index (χ2n) is 2.88. The summed E-state index contributed by atoms with van der Waals surface area (Å²) in [7, 11) is 0. The Kier molecular flexibility index (Phi) is 3.43. The predicted octanol–water partition coefficient (Wildman–Crippen LogP) is 1.63. The lowest BCUT2D eigenvalue weighted by Gasteiger charge is -1.94. The molecule has 0 bridgehead atoms. The number of nitrogens with two attached hydrogens (primary N) is 1. The minimum Gasteiger partial charge on any atom is -0.346 e. The van der Waals surface area contributed by atoms with Crippen molar-refractivity contribution in [2.24, 2.45) is 5.73 Å². The number of aromatic nitrogens is 2. The molecule has 3 nitrogen and oxygen atoms in total. The maximum Gasteiger partial charge on any atom is 0.214 e. The summed E-state index contributed by atoms with van der Waals surface area (Å²) in [6.45, 7) is 0.588. The average molecular weight is 216 g/mol. The smallest absolute Gasteiger partial charge is 0.214 e. The molecule has 0 saturated heterocycles. The molecule has 0 amide bonds. The lowest BCUT2D eigenvalue weighted by molar-refractivity contribution is 0.588. The molecule has 0 aliphatic heterocycles. The van der Waals surface area contributed by atoms with Crippen molar-refractivity contribution in [3.8, 4) is 0 Å². The van der Waals surface area contributed by atoms with Crippen LogP contribution in [0.3, 0.4) is 0 Å². The summed E-state index contributed by atoms with van der Waals surface area (Å²) >= 11 is 0. The number of H-pyrrole nitrogens is 1. The third-order valence-electron chi connectivity index (χ3n) is 2.00. The van der Waals surface area contributed by atoms with Crippen LogP contribution in [0, 0.1) is 5.95 Å². The molecule has 76 valence electrons.